The van der Waals surface area contributed by atoms with Crippen molar-refractivity contribution < 1.29 is 4.74 Å². The van der Waals surface area contributed by atoms with E-state index >= 15 is 0 Å². The lowest BCUT2D eigenvalue weighted by atomic mass is 10.0. The third kappa shape index (κ3) is 6.92. The zero-order chi connectivity index (χ0) is 16.9. The van der Waals surface area contributed by atoms with E-state index < -0.39 is 0 Å². The summed E-state index contributed by atoms with van der Waals surface area (Å²) in [6.07, 6.45) is 7.35. The first-order valence-electron chi connectivity index (χ1n) is 9.44. The largest absolute Gasteiger partial charge is 0.493 e. The molecular weight excluding hydrogens is 284 g/mol. The molecule has 3 heteroatoms. The number of unbranched alkanes of at least 4 members (excludes halogenated alkanes) is 4. The Morgan fingerprint density at radius 2 is 1.74 bits per heavy atom. The van der Waals surface area contributed by atoms with E-state index in [-0.39, 0.29) is 6.04 Å². The Balaban J connectivity index is 2.74. The predicted molar refractivity (Wildman–Crippen MR) is 100 cm³/mol. The van der Waals surface area contributed by atoms with Gasteiger partial charge in [0.15, 0.2) is 0 Å². The molecule has 3 nitrogen and oxygen atoms in total. The van der Waals surface area contributed by atoms with E-state index in [4.69, 9.17) is 10.5 Å². The second-order valence-corrected chi connectivity index (χ2v) is 6.18. The van der Waals surface area contributed by atoms with E-state index in [0.29, 0.717) is 6.54 Å². The lowest BCUT2D eigenvalue weighted by Crippen LogP contribution is -2.34. The summed E-state index contributed by atoms with van der Waals surface area (Å²) in [5.74, 6) is 1.01. The summed E-state index contributed by atoms with van der Waals surface area (Å²) in [4.78, 5) is 2.47. The molecule has 0 radical (unpaired) electrons. The smallest absolute Gasteiger partial charge is 0.124 e. The number of nitrogens with zero attached hydrogens (tertiary/aromatic N) is 1. The summed E-state index contributed by atoms with van der Waals surface area (Å²) < 4.78 is 6.08. The molecule has 0 aromatic heterocycles. The first kappa shape index (κ1) is 20.0. The van der Waals surface area contributed by atoms with Gasteiger partial charge in [0, 0.05) is 12.1 Å². The zero-order valence-electron chi connectivity index (χ0n) is 15.4. The standard InChI is InChI=1S/C20H36N2O/c1-4-7-9-12-16-23-20-14-11-10-13-18(20)19(17-21)22(6-3)15-8-5-2/h10-11,13-14,19H,4-9,12,15-17,21H2,1-3H3. The maximum Gasteiger partial charge on any atom is 0.124 e. The molecule has 0 aliphatic rings. The molecule has 1 aromatic carbocycles. The Hall–Kier alpha value is -1.06. The molecule has 0 amide bonds. The van der Waals surface area contributed by atoms with Crippen molar-refractivity contribution in [1.29, 1.82) is 0 Å². The van der Waals surface area contributed by atoms with E-state index in [2.05, 4.69) is 49.9 Å². The van der Waals surface area contributed by atoms with Crippen LogP contribution in [-0.4, -0.2) is 31.1 Å². The predicted octanol–water partition coefficient (Wildman–Crippen LogP) is 4.77. The summed E-state index contributed by atoms with van der Waals surface area (Å²) in [7, 11) is 0. The van der Waals surface area contributed by atoms with Crippen molar-refractivity contribution in [3.05, 3.63) is 29.8 Å². The Kier molecular flexibility index (Phi) is 10.8. The lowest BCUT2D eigenvalue weighted by molar-refractivity contribution is 0.202. The van der Waals surface area contributed by atoms with E-state index in [1.165, 1.54) is 37.7 Å². The van der Waals surface area contributed by atoms with Crippen LogP contribution in [0.2, 0.25) is 0 Å². The molecule has 0 saturated heterocycles. The Labute approximate surface area is 143 Å². The molecule has 1 rings (SSSR count). The first-order valence-corrected chi connectivity index (χ1v) is 9.44. The third-order valence-electron chi connectivity index (χ3n) is 4.40. The van der Waals surface area contributed by atoms with Gasteiger partial charge < -0.3 is 10.5 Å². The van der Waals surface area contributed by atoms with Crippen LogP contribution in [-0.2, 0) is 0 Å². The second-order valence-electron chi connectivity index (χ2n) is 6.18. The number of likely N-dealkylation sites (N-methyl/N-ethyl adjacent to an activating group) is 1. The quantitative estimate of drug-likeness (QED) is 0.532. The van der Waals surface area contributed by atoms with Gasteiger partial charge in [0.05, 0.1) is 12.6 Å². The summed E-state index contributed by atoms with van der Waals surface area (Å²) >= 11 is 0. The maximum atomic E-state index is 6.12. The van der Waals surface area contributed by atoms with Gasteiger partial charge in [-0.15, -0.1) is 0 Å². The van der Waals surface area contributed by atoms with Crippen LogP contribution in [0.1, 0.15) is 70.9 Å². The molecule has 2 N–H and O–H groups in total. The van der Waals surface area contributed by atoms with Crippen molar-refractivity contribution >= 4 is 0 Å². The number of nitrogens with two attached hydrogens (primary N) is 1. The van der Waals surface area contributed by atoms with Crippen molar-refractivity contribution in [3.8, 4) is 5.75 Å². The number of ether oxygens (including phenoxy) is 1. The molecule has 0 heterocycles. The van der Waals surface area contributed by atoms with Gasteiger partial charge in [-0.2, -0.15) is 0 Å². The molecule has 0 aliphatic heterocycles. The molecule has 0 bridgehead atoms. The fourth-order valence-electron chi connectivity index (χ4n) is 2.97. The number of para-hydroxylation sites is 1. The van der Waals surface area contributed by atoms with Crippen LogP contribution in [0, 0.1) is 0 Å². The van der Waals surface area contributed by atoms with Crippen molar-refractivity contribution in [2.45, 2.75) is 65.3 Å². The number of rotatable bonds is 13. The van der Waals surface area contributed by atoms with Gasteiger partial charge in [-0.05, 0) is 32.0 Å². The van der Waals surface area contributed by atoms with Crippen LogP contribution >= 0.6 is 0 Å². The number of hydrogen-bond acceptors (Lipinski definition) is 3. The molecule has 1 atom stereocenters. The SMILES string of the molecule is CCCCCCOc1ccccc1C(CN)N(CC)CCCC. The van der Waals surface area contributed by atoms with E-state index in [0.717, 1.165) is 31.9 Å². The highest BCUT2D eigenvalue weighted by atomic mass is 16.5. The highest BCUT2D eigenvalue weighted by Gasteiger charge is 2.20. The van der Waals surface area contributed by atoms with Gasteiger partial charge in [-0.25, -0.2) is 0 Å². The fraction of sp³-hybridized carbons (Fsp3) is 0.700. The minimum absolute atomic E-state index is 0.249. The van der Waals surface area contributed by atoms with Crippen molar-refractivity contribution in [2.75, 3.05) is 26.2 Å². The highest BCUT2D eigenvalue weighted by Crippen LogP contribution is 2.29. The van der Waals surface area contributed by atoms with Crippen LogP contribution < -0.4 is 10.5 Å². The molecule has 0 saturated carbocycles. The number of hydrogen-bond donors (Lipinski definition) is 1. The minimum atomic E-state index is 0.249. The summed E-state index contributed by atoms with van der Waals surface area (Å²) in [6, 6.07) is 8.66. The van der Waals surface area contributed by atoms with Gasteiger partial charge >= 0.3 is 0 Å². The molecule has 0 fully saturated rings. The van der Waals surface area contributed by atoms with Gasteiger partial charge in [0.25, 0.3) is 0 Å². The Bertz CT molecular complexity index is 408. The summed E-state index contributed by atoms with van der Waals surface area (Å²) in [5.41, 5.74) is 7.36. The molecule has 1 aromatic rings. The van der Waals surface area contributed by atoms with Crippen molar-refractivity contribution in [3.63, 3.8) is 0 Å². The Morgan fingerprint density at radius 3 is 2.39 bits per heavy atom. The summed E-state index contributed by atoms with van der Waals surface area (Å²) in [6.45, 7) is 10.2. The van der Waals surface area contributed by atoms with E-state index in [1.54, 1.807) is 0 Å². The van der Waals surface area contributed by atoms with Gasteiger partial charge in [-0.3, -0.25) is 4.90 Å². The first-order chi connectivity index (χ1) is 11.3. The van der Waals surface area contributed by atoms with Crippen molar-refractivity contribution in [2.24, 2.45) is 5.73 Å². The fourth-order valence-corrected chi connectivity index (χ4v) is 2.97. The topological polar surface area (TPSA) is 38.5 Å². The van der Waals surface area contributed by atoms with E-state index in [9.17, 15) is 0 Å². The monoisotopic (exact) mass is 320 g/mol. The Morgan fingerprint density at radius 1 is 1.00 bits per heavy atom. The van der Waals surface area contributed by atoms with E-state index in [1.807, 2.05) is 0 Å². The molecular formula is C20H36N2O. The van der Waals surface area contributed by atoms with Crippen LogP contribution in [0.5, 0.6) is 5.75 Å². The molecule has 0 aliphatic carbocycles. The normalized spacial score (nSPS) is 12.6. The van der Waals surface area contributed by atoms with Crippen LogP contribution in [0.25, 0.3) is 0 Å². The molecule has 23 heavy (non-hydrogen) atoms. The highest BCUT2D eigenvalue weighted by molar-refractivity contribution is 5.36. The maximum absolute atomic E-state index is 6.12. The van der Waals surface area contributed by atoms with Crippen LogP contribution in [0.15, 0.2) is 24.3 Å². The van der Waals surface area contributed by atoms with Crippen molar-refractivity contribution in [1.82, 2.24) is 4.90 Å². The lowest BCUT2D eigenvalue weighted by Gasteiger charge is -2.31. The molecule has 1 unspecified atom stereocenters. The molecule has 132 valence electrons. The van der Waals surface area contributed by atoms with Crippen LogP contribution in [0.4, 0.5) is 0 Å². The van der Waals surface area contributed by atoms with Gasteiger partial charge in [0.2, 0.25) is 0 Å². The third-order valence-corrected chi connectivity index (χ3v) is 4.40. The summed E-state index contributed by atoms with van der Waals surface area (Å²) in [5, 5.41) is 0. The number of benzene rings is 1. The second kappa shape index (κ2) is 12.4. The minimum Gasteiger partial charge on any atom is -0.493 e. The van der Waals surface area contributed by atoms with Crippen LogP contribution in [0.3, 0.4) is 0 Å². The van der Waals surface area contributed by atoms with Gasteiger partial charge in [-0.1, -0.05) is 64.7 Å². The average Bonchev–Trinajstić information content (AvgIpc) is 2.59. The zero-order valence-corrected chi connectivity index (χ0v) is 15.4. The molecule has 0 spiro atoms. The van der Waals surface area contributed by atoms with Gasteiger partial charge in [0.1, 0.15) is 5.75 Å². The average molecular weight is 321 g/mol.